The Morgan fingerprint density at radius 3 is 2.67 bits per heavy atom. The smallest absolute Gasteiger partial charge is 0.229 e. The summed E-state index contributed by atoms with van der Waals surface area (Å²) in [7, 11) is 0. The van der Waals surface area contributed by atoms with Gasteiger partial charge in [0.1, 0.15) is 10.7 Å². The van der Waals surface area contributed by atoms with E-state index in [9.17, 15) is 0 Å². The number of aromatic nitrogens is 1. The van der Waals surface area contributed by atoms with Gasteiger partial charge in [0.25, 0.3) is 0 Å². The van der Waals surface area contributed by atoms with Crippen LogP contribution in [0.3, 0.4) is 0 Å². The summed E-state index contributed by atoms with van der Waals surface area (Å²) >= 11 is 8.40. The number of hydrogen-bond acceptors (Lipinski definition) is 3. The Kier molecular flexibility index (Phi) is 3.93. The van der Waals surface area contributed by atoms with Gasteiger partial charge >= 0.3 is 0 Å². The van der Waals surface area contributed by atoms with E-state index in [1.54, 1.807) is 0 Å². The van der Waals surface area contributed by atoms with Crippen molar-refractivity contribution in [1.29, 1.82) is 0 Å². The van der Waals surface area contributed by atoms with E-state index in [1.807, 2.05) is 43.3 Å². The van der Waals surface area contributed by atoms with Crippen molar-refractivity contribution in [2.24, 2.45) is 5.73 Å². The summed E-state index contributed by atoms with van der Waals surface area (Å²) in [6.07, 6.45) is 0. The first-order valence-electron chi connectivity index (χ1n) is 5.28. The third-order valence-electron chi connectivity index (χ3n) is 2.31. The molecule has 0 aliphatic rings. The molecule has 92 valence electrons. The summed E-state index contributed by atoms with van der Waals surface area (Å²) in [6, 6.07) is 11.2. The minimum absolute atomic E-state index is 0.268. The third kappa shape index (κ3) is 2.86. The number of nitrogens with two attached hydrogens (primary N) is 1. The van der Waals surface area contributed by atoms with Crippen molar-refractivity contribution in [3.8, 4) is 11.6 Å². The lowest BCUT2D eigenvalue weighted by Crippen LogP contribution is -2.12. The standard InChI is InChI=1S/C13H11BrN2OS/c1-8-6-7-9(12(15)18)13(16-8)17-11-5-3-2-4-10(11)14/h2-7H,1H3,(H2,15,18). The normalized spacial score (nSPS) is 10.1. The molecule has 5 heteroatoms. The van der Waals surface area contributed by atoms with Crippen LogP contribution in [0.5, 0.6) is 11.6 Å². The average Bonchev–Trinajstić information content (AvgIpc) is 2.32. The molecule has 1 aromatic carbocycles. The van der Waals surface area contributed by atoms with Crippen LogP contribution in [0.15, 0.2) is 40.9 Å². The molecule has 0 aliphatic heterocycles. The van der Waals surface area contributed by atoms with Crippen LogP contribution in [-0.2, 0) is 0 Å². The predicted molar refractivity (Wildman–Crippen MR) is 79.1 cm³/mol. The largest absolute Gasteiger partial charge is 0.437 e. The zero-order valence-electron chi connectivity index (χ0n) is 9.68. The number of pyridine rings is 1. The van der Waals surface area contributed by atoms with Gasteiger partial charge in [-0.05, 0) is 47.1 Å². The maximum Gasteiger partial charge on any atom is 0.229 e. The maximum atomic E-state index is 5.76. The van der Waals surface area contributed by atoms with Gasteiger partial charge in [-0.2, -0.15) is 0 Å². The van der Waals surface area contributed by atoms with E-state index in [2.05, 4.69) is 20.9 Å². The number of nitrogens with zero attached hydrogens (tertiary/aromatic N) is 1. The maximum absolute atomic E-state index is 5.76. The molecule has 0 saturated carbocycles. The number of rotatable bonds is 3. The second-order valence-electron chi connectivity index (χ2n) is 3.70. The summed E-state index contributed by atoms with van der Waals surface area (Å²) in [4.78, 5) is 4.59. The predicted octanol–water partition coefficient (Wildman–Crippen LogP) is 3.58. The zero-order chi connectivity index (χ0) is 13.1. The highest BCUT2D eigenvalue weighted by atomic mass is 79.9. The SMILES string of the molecule is Cc1ccc(C(N)=S)c(Oc2ccccc2Br)n1. The van der Waals surface area contributed by atoms with Crippen LogP contribution in [0, 0.1) is 6.92 Å². The van der Waals surface area contributed by atoms with E-state index < -0.39 is 0 Å². The molecule has 2 N–H and O–H groups in total. The summed E-state index contributed by atoms with van der Waals surface area (Å²) in [5, 5.41) is 0. The van der Waals surface area contributed by atoms with Crippen LogP contribution >= 0.6 is 28.1 Å². The van der Waals surface area contributed by atoms with Crippen LogP contribution in [0.4, 0.5) is 0 Å². The quantitative estimate of drug-likeness (QED) is 0.877. The Bertz CT molecular complexity index is 601. The fourth-order valence-electron chi connectivity index (χ4n) is 1.43. The van der Waals surface area contributed by atoms with Gasteiger partial charge in [0, 0.05) is 5.69 Å². The number of benzene rings is 1. The number of thiocarbonyl (C=S) groups is 1. The molecule has 0 unspecified atom stereocenters. The third-order valence-corrected chi connectivity index (χ3v) is 3.18. The van der Waals surface area contributed by atoms with Crippen molar-refractivity contribution < 1.29 is 4.74 Å². The van der Waals surface area contributed by atoms with Crippen molar-refractivity contribution in [1.82, 2.24) is 4.98 Å². The second kappa shape index (κ2) is 5.46. The Labute approximate surface area is 119 Å². The lowest BCUT2D eigenvalue weighted by Gasteiger charge is -2.11. The van der Waals surface area contributed by atoms with Gasteiger partial charge in [-0.1, -0.05) is 24.4 Å². The number of hydrogen-bond donors (Lipinski definition) is 1. The lowest BCUT2D eigenvalue weighted by atomic mass is 10.2. The molecule has 18 heavy (non-hydrogen) atoms. The molecule has 1 aromatic heterocycles. The Hall–Kier alpha value is -1.46. The molecule has 0 spiro atoms. The molecule has 2 aromatic rings. The fraction of sp³-hybridized carbons (Fsp3) is 0.0769. The zero-order valence-corrected chi connectivity index (χ0v) is 12.1. The molecule has 0 atom stereocenters. The van der Waals surface area contributed by atoms with Crippen molar-refractivity contribution in [3.05, 3.63) is 52.1 Å². The minimum Gasteiger partial charge on any atom is -0.437 e. The van der Waals surface area contributed by atoms with Crippen LogP contribution in [0.2, 0.25) is 0 Å². The highest BCUT2D eigenvalue weighted by Crippen LogP contribution is 2.30. The van der Waals surface area contributed by atoms with E-state index in [0.29, 0.717) is 17.2 Å². The highest BCUT2D eigenvalue weighted by Gasteiger charge is 2.11. The van der Waals surface area contributed by atoms with Gasteiger partial charge in [0.2, 0.25) is 5.88 Å². The first-order valence-corrected chi connectivity index (χ1v) is 6.48. The number of halogens is 1. The van der Waals surface area contributed by atoms with Crippen LogP contribution < -0.4 is 10.5 Å². The van der Waals surface area contributed by atoms with Crippen molar-refractivity contribution in [2.75, 3.05) is 0 Å². The van der Waals surface area contributed by atoms with Crippen molar-refractivity contribution in [3.63, 3.8) is 0 Å². The van der Waals surface area contributed by atoms with Crippen molar-refractivity contribution in [2.45, 2.75) is 6.92 Å². The molecule has 0 aliphatic carbocycles. The monoisotopic (exact) mass is 322 g/mol. The Morgan fingerprint density at radius 2 is 2.00 bits per heavy atom. The average molecular weight is 323 g/mol. The molecule has 0 bridgehead atoms. The van der Waals surface area contributed by atoms with Crippen LogP contribution in [0.1, 0.15) is 11.3 Å². The van der Waals surface area contributed by atoms with E-state index >= 15 is 0 Å². The van der Waals surface area contributed by atoms with Gasteiger partial charge in [0.05, 0.1) is 10.0 Å². The minimum atomic E-state index is 0.268. The molecule has 2 rings (SSSR count). The highest BCUT2D eigenvalue weighted by molar-refractivity contribution is 9.10. The summed E-state index contributed by atoms with van der Waals surface area (Å²) < 4.78 is 6.61. The van der Waals surface area contributed by atoms with E-state index in [-0.39, 0.29) is 4.99 Å². The van der Waals surface area contributed by atoms with E-state index in [4.69, 9.17) is 22.7 Å². The second-order valence-corrected chi connectivity index (χ2v) is 5.00. The molecule has 3 nitrogen and oxygen atoms in total. The van der Waals surface area contributed by atoms with E-state index in [1.165, 1.54) is 0 Å². The van der Waals surface area contributed by atoms with Crippen LogP contribution in [-0.4, -0.2) is 9.97 Å². The summed E-state index contributed by atoms with van der Waals surface area (Å²) in [6.45, 7) is 1.89. The molecule has 0 fully saturated rings. The molecule has 1 heterocycles. The lowest BCUT2D eigenvalue weighted by molar-refractivity contribution is 0.458. The molecular weight excluding hydrogens is 312 g/mol. The first kappa shape index (κ1) is 13.0. The topological polar surface area (TPSA) is 48.1 Å². The van der Waals surface area contributed by atoms with Gasteiger partial charge < -0.3 is 10.5 Å². The first-order chi connectivity index (χ1) is 8.58. The van der Waals surface area contributed by atoms with Gasteiger partial charge in [-0.3, -0.25) is 0 Å². The van der Waals surface area contributed by atoms with Crippen LogP contribution in [0.25, 0.3) is 0 Å². The molecular formula is C13H11BrN2OS. The number of para-hydroxylation sites is 1. The number of ether oxygens (including phenoxy) is 1. The summed E-state index contributed by atoms with van der Waals surface area (Å²) in [5.41, 5.74) is 7.13. The molecule has 0 saturated heterocycles. The van der Waals surface area contributed by atoms with Gasteiger partial charge in [0.15, 0.2) is 0 Å². The Balaban J connectivity index is 2.42. The Morgan fingerprint density at radius 1 is 1.28 bits per heavy atom. The molecule has 0 amide bonds. The van der Waals surface area contributed by atoms with Gasteiger partial charge in [-0.15, -0.1) is 0 Å². The molecule has 0 radical (unpaired) electrons. The van der Waals surface area contributed by atoms with Crippen molar-refractivity contribution >= 4 is 33.1 Å². The van der Waals surface area contributed by atoms with E-state index in [0.717, 1.165) is 10.2 Å². The summed E-state index contributed by atoms with van der Waals surface area (Å²) in [5.74, 6) is 1.10. The fourth-order valence-corrected chi connectivity index (χ4v) is 1.95. The van der Waals surface area contributed by atoms with Gasteiger partial charge in [-0.25, -0.2) is 4.98 Å². The number of aryl methyl sites for hydroxylation is 1.